The highest BCUT2D eigenvalue weighted by atomic mass is 79.9. The van der Waals surface area contributed by atoms with Gasteiger partial charge in [-0.15, -0.1) is 0 Å². The fourth-order valence-electron chi connectivity index (χ4n) is 5.57. The summed E-state index contributed by atoms with van der Waals surface area (Å²) in [4.78, 5) is 40.9. The Bertz CT molecular complexity index is 1420. The van der Waals surface area contributed by atoms with E-state index in [1.807, 2.05) is 53.7 Å². The second kappa shape index (κ2) is 16.6. The number of nitriles is 2. The van der Waals surface area contributed by atoms with Crippen molar-refractivity contribution < 1.29 is 19.1 Å². The molecule has 4 rings (SSSR count). The minimum Gasteiger partial charge on any atom is -0.443 e. The van der Waals surface area contributed by atoms with Crippen LogP contribution in [0.25, 0.3) is 0 Å². The van der Waals surface area contributed by atoms with E-state index < -0.39 is 23.4 Å². The number of carbonyl (C=O) groups excluding carboxylic acids is 2. The predicted molar refractivity (Wildman–Crippen MR) is 186 cm³/mol. The van der Waals surface area contributed by atoms with Gasteiger partial charge in [0.1, 0.15) is 23.3 Å². The van der Waals surface area contributed by atoms with E-state index in [1.165, 1.54) is 12.4 Å². The maximum absolute atomic E-state index is 12.3. The van der Waals surface area contributed by atoms with Crippen LogP contribution in [-0.2, 0) is 9.47 Å². The Hall–Kier alpha value is -3.76. The van der Waals surface area contributed by atoms with Gasteiger partial charge < -0.3 is 9.47 Å². The molecular weight excluding hydrogens is 748 g/mol. The first-order valence-corrected chi connectivity index (χ1v) is 17.4. The standard InChI is InChI=1S/2C16H22BrN5O2/c2*1-10-6-5-7-12(10)22(21-15(23)24-16(2,3)4)14-11(17)9-19-13(8-18)20-14/h2*9-10,12H,5-7H2,1-4H3,(H,21,23)/t2*10-,12-/m10/s1. The second-order valence-corrected chi connectivity index (χ2v) is 15.6. The Morgan fingerprint density at radius 3 is 1.38 bits per heavy atom. The molecule has 2 aromatic rings. The molecule has 2 heterocycles. The Labute approximate surface area is 299 Å². The zero-order valence-corrected chi connectivity index (χ0v) is 31.8. The summed E-state index contributed by atoms with van der Waals surface area (Å²) in [5.74, 6) is 1.79. The summed E-state index contributed by atoms with van der Waals surface area (Å²) in [6, 6.07) is 4.02. The van der Waals surface area contributed by atoms with Crippen molar-refractivity contribution in [3.05, 3.63) is 33.0 Å². The number of aromatic nitrogens is 4. The molecule has 0 spiro atoms. The lowest BCUT2D eigenvalue weighted by Gasteiger charge is -2.34. The molecule has 2 fully saturated rings. The Morgan fingerprint density at radius 2 is 1.10 bits per heavy atom. The van der Waals surface area contributed by atoms with E-state index >= 15 is 0 Å². The van der Waals surface area contributed by atoms with Gasteiger partial charge in [-0.2, -0.15) is 20.5 Å². The molecule has 2 aliphatic rings. The summed E-state index contributed by atoms with van der Waals surface area (Å²) in [6.07, 6.45) is 8.09. The average Bonchev–Trinajstić information content (AvgIpc) is 3.61. The zero-order valence-electron chi connectivity index (χ0n) is 28.7. The maximum atomic E-state index is 12.3. The van der Waals surface area contributed by atoms with Crippen molar-refractivity contribution in [2.24, 2.45) is 11.8 Å². The molecule has 48 heavy (non-hydrogen) atoms. The molecule has 0 saturated heterocycles. The third-order valence-corrected chi connectivity index (χ3v) is 8.74. The van der Waals surface area contributed by atoms with Gasteiger partial charge in [-0.25, -0.2) is 30.4 Å². The van der Waals surface area contributed by atoms with E-state index in [0.29, 0.717) is 32.4 Å². The number of hydrazine groups is 2. The molecule has 0 aromatic carbocycles. The fraction of sp³-hybridized carbons (Fsp3) is 0.625. The van der Waals surface area contributed by atoms with Crippen molar-refractivity contribution in [3.8, 4) is 12.1 Å². The van der Waals surface area contributed by atoms with Crippen LogP contribution in [0.1, 0.15) is 106 Å². The molecule has 260 valence electrons. The van der Waals surface area contributed by atoms with Gasteiger partial charge in [0, 0.05) is 12.4 Å². The lowest BCUT2D eigenvalue weighted by molar-refractivity contribution is 0.0500. The van der Waals surface area contributed by atoms with Crippen LogP contribution in [0, 0.1) is 34.5 Å². The highest BCUT2D eigenvalue weighted by Crippen LogP contribution is 2.35. The van der Waals surface area contributed by atoms with Gasteiger partial charge in [-0.1, -0.05) is 26.7 Å². The number of carbonyl (C=O) groups is 2. The predicted octanol–water partition coefficient (Wildman–Crippen LogP) is 7.09. The number of nitrogens with zero attached hydrogens (tertiary/aromatic N) is 8. The minimum absolute atomic E-state index is 0.0508. The normalized spacial score (nSPS) is 20.3. The molecule has 14 nitrogen and oxygen atoms in total. The minimum atomic E-state index is -0.599. The van der Waals surface area contributed by atoms with E-state index in [1.54, 1.807) is 10.0 Å². The molecule has 2 aromatic heterocycles. The summed E-state index contributed by atoms with van der Waals surface area (Å²) in [7, 11) is 0. The molecule has 2 aliphatic carbocycles. The molecule has 4 atom stereocenters. The van der Waals surface area contributed by atoms with E-state index in [9.17, 15) is 9.59 Å². The summed E-state index contributed by atoms with van der Waals surface area (Å²) in [6.45, 7) is 15.1. The van der Waals surface area contributed by atoms with Gasteiger partial charge in [0.15, 0.2) is 11.6 Å². The molecule has 2 N–H and O–H groups in total. The fourth-order valence-corrected chi connectivity index (χ4v) is 6.33. The molecule has 16 heteroatoms. The number of hydrogen-bond acceptors (Lipinski definition) is 12. The van der Waals surface area contributed by atoms with Crippen LogP contribution >= 0.6 is 31.9 Å². The highest BCUT2D eigenvalue weighted by molar-refractivity contribution is 9.11. The molecule has 0 bridgehead atoms. The van der Waals surface area contributed by atoms with Gasteiger partial charge >= 0.3 is 12.2 Å². The zero-order chi connectivity index (χ0) is 35.8. The number of anilines is 2. The lowest BCUT2D eigenvalue weighted by atomic mass is 10.1. The first kappa shape index (κ1) is 38.7. The van der Waals surface area contributed by atoms with Gasteiger partial charge in [0.05, 0.1) is 21.0 Å². The quantitative estimate of drug-likeness (QED) is 0.284. The number of ether oxygens (including phenoxy) is 2. The van der Waals surface area contributed by atoms with Crippen molar-refractivity contribution in [1.29, 1.82) is 10.5 Å². The molecule has 2 saturated carbocycles. The van der Waals surface area contributed by atoms with Crippen LogP contribution in [0.3, 0.4) is 0 Å². The van der Waals surface area contributed by atoms with Crippen LogP contribution < -0.4 is 20.9 Å². The summed E-state index contributed by atoms with van der Waals surface area (Å²) < 4.78 is 11.9. The van der Waals surface area contributed by atoms with Crippen LogP contribution in [0.2, 0.25) is 0 Å². The average molecular weight is 793 g/mol. The Kier molecular flexibility index (Phi) is 13.4. The first-order valence-electron chi connectivity index (χ1n) is 15.9. The van der Waals surface area contributed by atoms with E-state index in [4.69, 9.17) is 20.0 Å². The van der Waals surface area contributed by atoms with Gasteiger partial charge in [0.2, 0.25) is 11.6 Å². The summed E-state index contributed by atoms with van der Waals surface area (Å²) >= 11 is 6.82. The summed E-state index contributed by atoms with van der Waals surface area (Å²) in [5.41, 5.74) is 4.39. The summed E-state index contributed by atoms with van der Waals surface area (Å²) in [5, 5.41) is 21.5. The molecule has 0 radical (unpaired) electrons. The van der Waals surface area contributed by atoms with Crippen LogP contribution in [-0.4, -0.2) is 55.4 Å². The van der Waals surface area contributed by atoms with Crippen molar-refractivity contribution in [2.75, 3.05) is 10.0 Å². The van der Waals surface area contributed by atoms with E-state index in [2.05, 4.69) is 76.5 Å². The van der Waals surface area contributed by atoms with Gasteiger partial charge in [-0.3, -0.25) is 10.0 Å². The number of hydrogen-bond donors (Lipinski definition) is 2. The van der Waals surface area contributed by atoms with Crippen LogP contribution in [0.15, 0.2) is 21.3 Å². The van der Waals surface area contributed by atoms with Crippen molar-refractivity contribution >= 4 is 55.7 Å². The van der Waals surface area contributed by atoms with Gasteiger partial charge in [0.25, 0.3) is 0 Å². The van der Waals surface area contributed by atoms with Crippen LogP contribution in [0.5, 0.6) is 0 Å². The molecule has 2 amide bonds. The second-order valence-electron chi connectivity index (χ2n) is 13.9. The monoisotopic (exact) mass is 790 g/mol. The topological polar surface area (TPSA) is 182 Å². The highest BCUT2D eigenvalue weighted by Gasteiger charge is 2.35. The Morgan fingerprint density at radius 1 is 0.750 bits per heavy atom. The number of amides is 2. The van der Waals surface area contributed by atoms with Crippen molar-refractivity contribution in [1.82, 2.24) is 30.8 Å². The number of nitrogens with one attached hydrogen (secondary N) is 2. The largest absolute Gasteiger partial charge is 0.443 e. The van der Waals surface area contributed by atoms with Gasteiger partial charge in [-0.05, 0) is 111 Å². The third kappa shape index (κ3) is 11.2. The number of rotatable bonds is 6. The lowest BCUT2D eigenvalue weighted by Crippen LogP contribution is -2.52. The van der Waals surface area contributed by atoms with E-state index in [0.717, 1.165) is 38.5 Å². The maximum Gasteiger partial charge on any atom is 0.426 e. The Balaban J connectivity index is 0.000000260. The van der Waals surface area contributed by atoms with Crippen molar-refractivity contribution in [3.63, 3.8) is 0 Å². The molecule has 0 aliphatic heterocycles. The first-order chi connectivity index (χ1) is 22.4. The van der Waals surface area contributed by atoms with E-state index in [-0.39, 0.29) is 23.7 Å². The SMILES string of the molecule is C[C@@H]1CCC[C@H]1N(NC(=O)OC(C)(C)C)c1nc(C#N)ncc1Br.C[C@H]1CCC[C@@H]1N(NC(=O)OC(C)(C)C)c1nc(C#N)ncc1Br. The van der Waals surface area contributed by atoms with Crippen LogP contribution in [0.4, 0.5) is 21.2 Å². The number of halogens is 2. The molecular formula is C32H44Br2N10O4. The third-order valence-electron chi connectivity index (χ3n) is 7.62. The molecule has 0 unspecified atom stereocenters. The smallest absolute Gasteiger partial charge is 0.426 e. The van der Waals surface area contributed by atoms with Crippen molar-refractivity contribution in [2.45, 2.75) is 117 Å².